The molecule has 0 aromatic heterocycles. The number of carbonyl (C=O) groups is 1. The first-order chi connectivity index (χ1) is 9.54. The maximum Gasteiger partial charge on any atom is 0.338 e. The summed E-state index contributed by atoms with van der Waals surface area (Å²) in [6.45, 7) is 0. The van der Waals surface area contributed by atoms with Crippen molar-refractivity contribution in [3.63, 3.8) is 0 Å². The first-order valence-corrected chi connectivity index (χ1v) is 6.86. The normalized spacial score (nSPS) is 27.8. The number of benzene rings is 1. The number of hydrogen-bond donors (Lipinski definition) is 2. The van der Waals surface area contributed by atoms with E-state index in [9.17, 15) is 15.0 Å². The van der Waals surface area contributed by atoms with E-state index in [-0.39, 0.29) is 0 Å². The second-order valence-electron chi connectivity index (χ2n) is 4.42. The third-order valence-corrected chi connectivity index (χ3v) is 3.82. The monoisotopic (exact) mass is 342 g/mol. The fourth-order valence-corrected chi connectivity index (χ4v) is 2.43. The molecule has 20 heavy (non-hydrogen) atoms. The molecule has 0 unspecified atom stereocenters. The van der Waals surface area contributed by atoms with Gasteiger partial charge in [0.1, 0.15) is 12.2 Å². The highest BCUT2D eigenvalue weighted by Crippen LogP contribution is 2.23. The first-order valence-electron chi connectivity index (χ1n) is 6.06. The number of cyclic esters (lactones) is 1. The van der Waals surface area contributed by atoms with Crippen molar-refractivity contribution in [2.45, 2.75) is 24.4 Å². The van der Waals surface area contributed by atoms with Crippen LogP contribution in [0.1, 0.15) is 5.56 Å². The molecular weight excluding hydrogens is 328 g/mol. The smallest absolute Gasteiger partial charge is 0.338 e. The molecule has 1 fully saturated rings. The Kier molecular flexibility index (Phi) is 4.93. The molecule has 1 saturated heterocycles. The topological polar surface area (TPSA) is 76.0 Å². The SMILES string of the molecule is CO[C@H]1C(=O)O[C@@H]([C@H](O)/C=C/c2ccccc2Br)[C@H]1O. The zero-order valence-electron chi connectivity index (χ0n) is 10.8. The predicted molar refractivity (Wildman–Crippen MR) is 75.9 cm³/mol. The predicted octanol–water partition coefficient (Wildman–Crippen LogP) is 1.12. The molecule has 0 aliphatic carbocycles. The van der Waals surface area contributed by atoms with Crippen LogP contribution in [0.15, 0.2) is 34.8 Å². The van der Waals surface area contributed by atoms with E-state index in [2.05, 4.69) is 15.9 Å². The van der Waals surface area contributed by atoms with Gasteiger partial charge in [0.25, 0.3) is 0 Å². The fourth-order valence-electron chi connectivity index (χ4n) is 2.01. The van der Waals surface area contributed by atoms with Gasteiger partial charge in [-0.1, -0.05) is 46.3 Å². The molecule has 0 bridgehead atoms. The van der Waals surface area contributed by atoms with Gasteiger partial charge in [0.15, 0.2) is 12.2 Å². The maximum atomic E-state index is 11.4. The Morgan fingerprint density at radius 3 is 2.75 bits per heavy atom. The molecule has 0 amide bonds. The Morgan fingerprint density at radius 2 is 2.15 bits per heavy atom. The van der Waals surface area contributed by atoms with Crippen LogP contribution in [0.4, 0.5) is 0 Å². The summed E-state index contributed by atoms with van der Waals surface area (Å²) in [5.41, 5.74) is 0.869. The fraction of sp³-hybridized carbons (Fsp3) is 0.357. The van der Waals surface area contributed by atoms with E-state index in [1.54, 1.807) is 6.08 Å². The van der Waals surface area contributed by atoms with Gasteiger partial charge in [-0.3, -0.25) is 0 Å². The van der Waals surface area contributed by atoms with Crippen molar-refractivity contribution >= 4 is 28.0 Å². The van der Waals surface area contributed by atoms with Gasteiger partial charge in [0.05, 0.1) is 0 Å². The Hall–Kier alpha value is -1.21. The molecule has 2 N–H and O–H groups in total. The van der Waals surface area contributed by atoms with E-state index in [1.165, 1.54) is 13.2 Å². The molecule has 1 aromatic rings. The van der Waals surface area contributed by atoms with Gasteiger partial charge < -0.3 is 19.7 Å². The van der Waals surface area contributed by atoms with Crippen molar-refractivity contribution < 1.29 is 24.5 Å². The van der Waals surface area contributed by atoms with Crippen molar-refractivity contribution in [1.82, 2.24) is 0 Å². The largest absolute Gasteiger partial charge is 0.454 e. The Balaban J connectivity index is 2.08. The van der Waals surface area contributed by atoms with Crippen LogP contribution in [0.5, 0.6) is 0 Å². The Morgan fingerprint density at radius 1 is 1.45 bits per heavy atom. The molecule has 2 rings (SSSR count). The summed E-state index contributed by atoms with van der Waals surface area (Å²) in [5.74, 6) is -0.668. The average Bonchev–Trinajstić information content (AvgIpc) is 2.72. The zero-order valence-corrected chi connectivity index (χ0v) is 12.4. The summed E-state index contributed by atoms with van der Waals surface area (Å²) in [7, 11) is 1.31. The van der Waals surface area contributed by atoms with Crippen molar-refractivity contribution in [2.24, 2.45) is 0 Å². The molecule has 1 heterocycles. The van der Waals surface area contributed by atoms with E-state index in [0.717, 1.165) is 10.0 Å². The summed E-state index contributed by atoms with van der Waals surface area (Å²) in [6.07, 6.45) is -1.21. The summed E-state index contributed by atoms with van der Waals surface area (Å²) in [5, 5.41) is 19.9. The molecule has 6 heteroatoms. The van der Waals surface area contributed by atoms with Gasteiger partial charge in [-0.25, -0.2) is 4.79 Å². The molecule has 5 nitrogen and oxygen atoms in total. The lowest BCUT2D eigenvalue weighted by Crippen LogP contribution is -2.38. The highest BCUT2D eigenvalue weighted by Gasteiger charge is 2.46. The van der Waals surface area contributed by atoms with Crippen LogP contribution in [0.3, 0.4) is 0 Å². The Bertz CT molecular complexity index is 516. The molecular formula is C14H15BrO5. The molecule has 0 spiro atoms. The lowest BCUT2D eigenvalue weighted by Gasteiger charge is -2.17. The van der Waals surface area contributed by atoms with Gasteiger partial charge in [-0.15, -0.1) is 0 Å². The van der Waals surface area contributed by atoms with E-state index >= 15 is 0 Å². The van der Waals surface area contributed by atoms with Crippen LogP contribution >= 0.6 is 15.9 Å². The van der Waals surface area contributed by atoms with E-state index in [1.807, 2.05) is 24.3 Å². The molecule has 4 atom stereocenters. The Labute approximate surface area is 125 Å². The van der Waals surface area contributed by atoms with E-state index in [0.29, 0.717) is 0 Å². The minimum absolute atomic E-state index is 0.668. The zero-order chi connectivity index (χ0) is 14.7. The third kappa shape index (κ3) is 3.09. The van der Waals surface area contributed by atoms with Crippen LogP contribution in [-0.4, -0.2) is 47.7 Å². The van der Waals surface area contributed by atoms with Crippen LogP contribution in [0.2, 0.25) is 0 Å². The highest BCUT2D eigenvalue weighted by atomic mass is 79.9. The second kappa shape index (κ2) is 6.49. The summed E-state index contributed by atoms with van der Waals surface area (Å²) < 4.78 is 10.6. The van der Waals surface area contributed by atoms with E-state index in [4.69, 9.17) is 9.47 Å². The molecule has 108 valence electrons. The summed E-state index contributed by atoms with van der Waals surface area (Å²) >= 11 is 3.38. The molecule has 1 aromatic carbocycles. The minimum Gasteiger partial charge on any atom is -0.454 e. The van der Waals surface area contributed by atoms with Crippen molar-refractivity contribution in [3.05, 3.63) is 40.4 Å². The van der Waals surface area contributed by atoms with Crippen molar-refractivity contribution in [3.8, 4) is 0 Å². The maximum absolute atomic E-state index is 11.4. The van der Waals surface area contributed by atoms with Gasteiger partial charge in [-0.2, -0.15) is 0 Å². The van der Waals surface area contributed by atoms with Crippen LogP contribution in [-0.2, 0) is 14.3 Å². The standard InChI is InChI=1S/C14H15BrO5/c1-19-13-11(17)12(20-14(13)18)10(16)7-6-8-4-2-3-5-9(8)15/h2-7,10-13,16-17H,1H3/b7-6+/t10-,11-,12+,13-/m1/s1. The number of hydrogen-bond acceptors (Lipinski definition) is 5. The molecule has 0 radical (unpaired) electrons. The van der Waals surface area contributed by atoms with Gasteiger partial charge in [0, 0.05) is 11.6 Å². The lowest BCUT2D eigenvalue weighted by atomic mass is 10.0. The highest BCUT2D eigenvalue weighted by molar-refractivity contribution is 9.10. The molecule has 1 aliphatic heterocycles. The molecule has 0 saturated carbocycles. The number of carbonyl (C=O) groups excluding carboxylic acids is 1. The van der Waals surface area contributed by atoms with Crippen LogP contribution < -0.4 is 0 Å². The number of aliphatic hydroxyl groups is 2. The number of methoxy groups -OCH3 is 1. The van der Waals surface area contributed by atoms with Gasteiger partial charge in [-0.05, 0) is 11.6 Å². The minimum atomic E-state index is -1.19. The van der Waals surface area contributed by atoms with Gasteiger partial charge >= 0.3 is 5.97 Å². The lowest BCUT2D eigenvalue weighted by molar-refractivity contribution is -0.150. The quantitative estimate of drug-likeness (QED) is 0.802. The number of rotatable bonds is 4. The number of aliphatic hydroxyl groups excluding tert-OH is 2. The van der Waals surface area contributed by atoms with E-state index < -0.39 is 30.4 Å². The average molecular weight is 343 g/mol. The summed E-state index contributed by atoms with van der Waals surface area (Å²) in [6, 6.07) is 7.48. The van der Waals surface area contributed by atoms with Crippen LogP contribution in [0, 0.1) is 0 Å². The first kappa shape index (κ1) is 15.2. The number of ether oxygens (including phenoxy) is 2. The van der Waals surface area contributed by atoms with Crippen molar-refractivity contribution in [2.75, 3.05) is 7.11 Å². The van der Waals surface area contributed by atoms with Crippen LogP contribution in [0.25, 0.3) is 6.08 Å². The molecule has 1 aliphatic rings. The number of halogens is 1. The third-order valence-electron chi connectivity index (χ3n) is 3.10. The van der Waals surface area contributed by atoms with Crippen molar-refractivity contribution in [1.29, 1.82) is 0 Å². The van der Waals surface area contributed by atoms with Gasteiger partial charge in [0.2, 0.25) is 0 Å². The number of esters is 1. The summed E-state index contributed by atoms with van der Waals surface area (Å²) in [4.78, 5) is 11.4. The second-order valence-corrected chi connectivity index (χ2v) is 5.27.